The number of benzene rings is 1. The van der Waals surface area contributed by atoms with E-state index in [2.05, 4.69) is 20.3 Å². The summed E-state index contributed by atoms with van der Waals surface area (Å²) in [4.78, 5) is 35.3. The van der Waals surface area contributed by atoms with Crippen LogP contribution in [0.4, 0.5) is 19.6 Å². The lowest BCUT2D eigenvalue weighted by Gasteiger charge is -2.18. The number of hydrogen-bond donors (Lipinski definition) is 4. The number of anilines is 2. The molecule has 1 aromatic carbocycles. The van der Waals surface area contributed by atoms with Gasteiger partial charge in [-0.1, -0.05) is 0 Å². The Hall–Kier alpha value is -3.64. The number of amides is 1. The maximum Gasteiger partial charge on any atom is 0.310 e. The van der Waals surface area contributed by atoms with Crippen molar-refractivity contribution in [2.75, 3.05) is 12.4 Å². The summed E-state index contributed by atoms with van der Waals surface area (Å²) in [5.41, 5.74) is 3.11. The Balaban J connectivity index is 2.08. The summed E-state index contributed by atoms with van der Waals surface area (Å²) in [6, 6.07) is 4.35. The summed E-state index contributed by atoms with van der Waals surface area (Å²) >= 11 is 0.812. The largest absolute Gasteiger partial charge is 0.469 e. The Labute approximate surface area is 190 Å². The average molecular weight is 478 g/mol. The van der Waals surface area contributed by atoms with E-state index in [1.807, 2.05) is 0 Å². The zero-order chi connectivity index (χ0) is 24.5. The van der Waals surface area contributed by atoms with Gasteiger partial charge in [0, 0.05) is 16.5 Å². The molecule has 3 rings (SSSR count). The fourth-order valence-electron chi connectivity index (χ4n) is 2.97. The van der Waals surface area contributed by atoms with Gasteiger partial charge in [0.2, 0.25) is 0 Å². The number of H-pyrrole nitrogens is 1. The third kappa shape index (κ3) is 5.23. The maximum atomic E-state index is 14.8. The van der Waals surface area contributed by atoms with Gasteiger partial charge < -0.3 is 20.9 Å². The smallest absolute Gasteiger partial charge is 0.310 e. The fourth-order valence-corrected chi connectivity index (χ4v) is 4.08. The molecule has 0 radical (unpaired) electrons. The van der Waals surface area contributed by atoms with Gasteiger partial charge in [-0.15, -0.1) is 11.3 Å². The van der Waals surface area contributed by atoms with E-state index < -0.39 is 40.2 Å². The Kier molecular flexibility index (Phi) is 6.60. The van der Waals surface area contributed by atoms with Crippen LogP contribution in [0.2, 0.25) is 0 Å². The minimum Gasteiger partial charge on any atom is -0.469 e. The van der Waals surface area contributed by atoms with E-state index in [4.69, 9.17) is 5.73 Å². The molecule has 174 valence electrons. The van der Waals surface area contributed by atoms with Gasteiger partial charge in [-0.2, -0.15) is 5.10 Å². The Bertz CT molecular complexity index is 1270. The number of halogens is 2. The molecule has 0 unspecified atom stereocenters. The molecule has 0 saturated heterocycles. The molecule has 0 fully saturated rings. The number of aromatic nitrogens is 2. The molecule has 0 bridgehead atoms. The second-order valence-electron chi connectivity index (χ2n) is 7.58. The van der Waals surface area contributed by atoms with Crippen LogP contribution in [-0.4, -0.2) is 34.3 Å². The monoisotopic (exact) mass is 478 g/mol. The van der Waals surface area contributed by atoms with Crippen molar-refractivity contribution in [3.63, 3.8) is 0 Å². The van der Waals surface area contributed by atoms with Gasteiger partial charge in [-0.25, -0.2) is 13.9 Å². The molecule has 0 saturated carbocycles. The van der Waals surface area contributed by atoms with E-state index in [9.17, 15) is 28.3 Å². The predicted molar refractivity (Wildman–Crippen MR) is 117 cm³/mol. The van der Waals surface area contributed by atoms with E-state index in [1.165, 1.54) is 27.0 Å². The van der Waals surface area contributed by atoms with Gasteiger partial charge in [0.05, 0.1) is 30.3 Å². The molecule has 2 heterocycles. The van der Waals surface area contributed by atoms with E-state index >= 15 is 0 Å². The molecule has 12 heteroatoms. The molecule has 33 heavy (non-hydrogen) atoms. The van der Waals surface area contributed by atoms with E-state index in [0.29, 0.717) is 0 Å². The highest BCUT2D eigenvalue weighted by atomic mass is 32.1. The van der Waals surface area contributed by atoms with Crippen molar-refractivity contribution in [3.8, 4) is 10.4 Å². The van der Waals surface area contributed by atoms with Crippen molar-refractivity contribution >= 4 is 34.0 Å². The molecule has 2 aromatic heterocycles. The highest BCUT2D eigenvalue weighted by molar-refractivity contribution is 7.20. The lowest BCUT2D eigenvalue weighted by atomic mass is 9.96. The van der Waals surface area contributed by atoms with Crippen LogP contribution in [0.3, 0.4) is 0 Å². The van der Waals surface area contributed by atoms with Crippen LogP contribution in [0, 0.1) is 11.6 Å². The summed E-state index contributed by atoms with van der Waals surface area (Å²) < 4.78 is 34.2. The van der Waals surface area contributed by atoms with Crippen LogP contribution in [0.1, 0.15) is 35.3 Å². The summed E-state index contributed by atoms with van der Waals surface area (Å²) in [5.74, 6) is -3.38. The average Bonchev–Trinajstić information content (AvgIpc) is 3.12. The van der Waals surface area contributed by atoms with Crippen molar-refractivity contribution in [2.24, 2.45) is 5.73 Å². The SMILES string of the molecule is COC(=O)Cc1cc(=O)[nH]nc1Nc1sc(-c2c(F)cc(C(C)(C)O)cc2F)cc1C(N)=O. The second kappa shape index (κ2) is 9.08. The standard InChI is InChI=1S/C21H20F2N4O5S/c1-21(2,31)10-6-12(22)17(13(23)7-10)14-8-11(18(24)30)20(33-14)25-19-9(5-16(29)32-3)4-15(28)26-27-19/h4,6-8,31H,5H2,1-3H3,(H2,24,30)(H,25,27)(H,26,28). The number of ether oxygens (including phenoxy) is 1. The fraction of sp³-hybridized carbons (Fsp3) is 0.238. The number of hydrogen-bond acceptors (Lipinski definition) is 8. The third-order valence-electron chi connectivity index (χ3n) is 4.67. The normalized spacial score (nSPS) is 11.3. The number of nitrogens with two attached hydrogens (primary N) is 1. The molecule has 0 aliphatic heterocycles. The number of nitrogens with zero attached hydrogens (tertiary/aromatic N) is 1. The molecule has 9 nitrogen and oxygen atoms in total. The first kappa shape index (κ1) is 24.0. The van der Waals surface area contributed by atoms with Crippen molar-refractivity contribution in [1.82, 2.24) is 10.2 Å². The van der Waals surface area contributed by atoms with Crippen LogP contribution in [0.15, 0.2) is 29.1 Å². The van der Waals surface area contributed by atoms with Crippen LogP contribution in [-0.2, 0) is 21.6 Å². The molecular formula is C21H20F2N4O5S. The summed E-state index contributed by atoms with van der Waals surface area (Å²) in [6.07, 6.45) is -0.290. The molecule has 3 aromatic rings. The number of aromatic amines is 1. The topological polar surface area (TPSA) is 147 Å². The van der Waals surface area contributed by atoms with Crippen LogP contribution < -0.4 is 16.6 Å². The van der Waals surface area contributed by atoms with Crippen molar-refractivity contribution < 1.29 is 28.2 Å². The number of aliphatic hydroxyl groups is 1. The van der Waals surface area contributed by atoms with E-state index in [1.54, 1.807) is 0 Å². The van der Waals surface area contributed by atoms with Crippen LogP contribution in [0.5, 0.6) is 0 Å². The Morgan fingerprint density at radius 2 is 1.88 bits per heavy atom. The predicted octanol–water partition coefficient (Wildman–Crippen LogP) is 2.56. The first-order chi connectivity index (χ1) is 15.4. The second-order valence-corrected chi connectivity index (χ2v) is 8.63. The summed E-state index contributed by atoms with van der Waals surface area (Å²) in [6.45, 7) is 2.78. The maximum absolute atomic E-state index is 14.8. The zero-order valence-corrected chi connectivity index (χ0v) is 18.6. The lowest BCUT2D eigenvalue weighted by molar-refractivity contribution is -0.139. The first-order valence-corrected chi connectivity index (χ1v) is 10.3. The van der Waals surface area contributed by atoms with Gasteiger partial charge in [0.25, 0.3) is 11.5 Å². The summed E-state index contributed by atoms with van der Waals surface area (Å²) in [7, 11) is 1.18. The highest BCUT2D eigenvalue weighted by Crippen LogP contribution is 2.40. The first-order valence-electron chi connectivity index (χ1n) is 9.49. The number of thiophene rings is 1. The number of carbonyl (C=O) groups is 2. The van der Waals surface area contributed by atoms with Gasteiger partial charge in [-0.05, 0) is 37.6 Å². The molecule has 5 N–H and O–H groups in total. The lowest BCUT2D eigenvalue weighted by Crippen LogP contribution is -2.16. The number of nitrogens with one attached hydrogen (secondary N) is 2. The highest BCUT2D eigenvalue weighted by Gasteiger charge is 2.25. The van der Waals surface area contributed by atoms with Gasteiger partial charge >= 0.3 is 5.97 Å². The number of primary amides is 1. The molecule has 0 spiro atoms. The number of methoxy groups -OCH3 is 1. The third-order valence-corrected chi connectivity index (χ3v) is 5.74. The molecule has 0 aliphatic rings. The van der Waals surface area contributed by atoms with E-state index in [-0.39, 0.29) is 38.8 Å². The van der Waals surface area contributed by atoms with Gasteiger partial charge in [0.15, 0.2) is 5.82 Å². The van der Waals surface area contributed by atoms with Crippen molar-refractivity contribution in [3.05, 3.63) is 62.9 Å². The Morgan fingerprint density at radius 3 is 2.42 bits per heavy atom. The van der Waals surface area contributed by atoms with Crippen molar-refractivity contribution in [2.45, 2.75) is 25.9 Å². The number of rotatable bonds is 7. The Morgan fingerprint density at radius 1 is 1.24 bits per heavy atom. The quantitative estimate of drug-likeness (QED) is 0.382. The molecule has 0 aliphatic carbocycles. The van der Waals surface area contributed by atoms with Gasteiger partial charge in [-0.3, -0.25) is 14.4 Å². The van der Waals surface area contributed by atoms with Gasteiger partial charge in [0.1, 0.15) is 16.6 Å². The van der Waals surface area contributed by atoms with Crippen molar-refractivity contribution in [1.29, 1.82) is 0 Å². The minimum atomic E-state index is -1.47. The number of carbonyl (C=O) groups excluding carboxylic acids is 2. The number of esters is 1. The van der Waals surface area contributed by atoms with E-state index in [0.717, 1.165) is 29.5 Å². The molecule has 0 atom stereocenters. The van der Waals surface area contributed by atoms with Crippen LogP contribution in [0.25, 0.3) is 10.4 Å². The zero-order valence-electron chi connectivity index (χ0n) is 17.8. The molecule has 1 amide bonds. The minimum absolute atomic E-state index is 0.0224. The van der Waals surface area contributed by atoms with Crippen LogP contribution >= 0.6 is 11.3 Å². The molecular weight excluding hydrogens is 458 g/mol. The summed E-state index contributed by atoms with van der Waals surface area (Å²) in [5, 5.41) is 19.0.